The van der Waals surface area contributed by atoms with Crippen molar-refractivity contribution in [3.05, 3.63) is 58.9 Å². The van der Waals surface area contributed by atoms with Crippen LogP contribution in [0.4, 0.5) is 0 Å². The number of furan rings is 1. The van der Waals surface area contributed by atoms with Crippen LogP contribution in [0, 0.1) is 0 Å². The second-order valence-electron chi connectivity index (χ2n) is 7.15. The SMILES string of the molecule is O=C(Cn1c(=O)cnc2cc(S(=O)(=O)N3CCCCC3)ccc21)NCc1ccco1. The van der Waals surface area contributed by atoms with E-state index in [1.165, 1.54) is 33.3 Å². The van der Waals surface area contributed by atoms with Gasteiger partial charge in [0.25, 0.3) is 5.56 Å². The van der Waals surface area contributed by atoms with E-state index in [4.69, 9.17) is 4.42 Å². The second-order valence-corrected chi connectivity index (χ2v) is 9.09. The first kappa shape index (κ1) is 20.3. The molecule has 10 heteroatoms. The van der Waals surface area contributed by atoms with Crippen molar-refractivity contribution in [1.29, 1.82) is 0 Å². The van der Waals surface area contributed by atoms with E-state index in [0.29, 0.717) is 29.9 Å². The van der Waals surface area contributed by atoms with Crippen LogP contribution in [-0.2, 0) is 27.9 Å². The number of carbonyl (C=O) groups is 1. The molecule has 0 bridgehead atoms. The molecule has 158 valence electrons. The van der Waals surface area contributed by atoms with E-state index in [-0.39, 0.29) is 23.9 Å². The van der Waals surface area contributed by atoms with Crippen molar-refractivity contribution in [2.24, 2.45) is 0 Å². The van der Waals surface area contributed by atoms with Crippen molar-refractivity contribution in [2.75, 3.05) is 13.1 Å². The van der Waals surface area contributed by atoms with E-state index >= 15 is 0 Å². The Morgan fingerprint density at radius 3 is 2.70 bits per heavy atom. The van der Waals surface area contributed by atoms with Crippen LogP contribution in [0.15, 0.2) is 56.9 Å². The lowest BCUT2D eigenvalue weighted by Crippen LogP contribution is -2.35. The van der Waals surface area contributed by atoms with Crippen LogP contribution < -0.4 is 10.9 Å². The minimum atomic E-state index is -3.62. The maximum atomic E-state index is 12.9. The summed E-state index contributed by atoms with van der Waals surface area (Å²) in [6.45, 7) is 1.00. The van der Waals surface area contributed by atoms with E-state index in [1.54, 1.807) is 12.1 Å². The Bertz CT molecular complexity index is 1210. The van der Waals surface area contributed by atoms with Gasteiger partial charge < -0.3 is 9.73 Å². The molecule has 3 heterocycles. The van der Waals surface area contributed by atoms with Crippen LogP contribution in [-0.4, -0.2) is 41.3 Å². The molecule has 0 spiro atoms. The molecule has 1 N–H and O–H groups in total. The van der Waals surface area contributed by atoms with Crippen LogP contribution in [0.1, 0.15) is 25.0 Å². The summed E-state index contributed by atoms with van der Waals surface area (Å²) in [4.78, 5) is 28.8. The molecule has 4 rings (SSSR count). The standard InChI is InChI=1S/C20H22N4O5S/c25-19(22-12-15-5-4-10-29-15)14-24-18-7-6-16(11-17(18)21-13-20(24)26)30(27,28)23-8-2-1-3-9-23/h4-7,10-11,13H,1-3,8-9,12,14H2,(H,22,25). The highest BCUT2D eigenvalue weighted by atomic mass is 32.2. The quantitative estimate of drug-likeness (QED) is 0.634. The van der Waals surface area contributed by atoms with E-state index in [9.17, 15) is 18.0 Å². The van der Waals surface area contributed by atoms with Gasteiger partial charge in [-0.2, -0.15) is 4.31 Å². The smallest absolute Gasteiger partial charge is 0.269 e. The predicted molar refractivity (Wildman–Crippen MR) is 109 cm³/mol. The highest BCUT2D eigenvalue weighted by Gasteiger charge is 2.26. The summed E-state index contributed by atoms with van der Waals surface area (Å²) < 4.78 is 33.8. The summed E-state index contributed by atoms with van der Waals surface area (Å²) in [5, 5.41) is 2.69. The first-order valence-electron chi connectivity index (χ1n) is 9.74. The third-order valence-electron chi connectivity index (χ3n) is 5.11. The first-order valence-corrected chi connectivity index (χ1v) is 11.2. The third-order valence-corrected chi connectivity index (χ3v) is 7.01. The number of fused-ring (bicyclic) bond motifs is 1. The van der Waals surface area contributed by atoms with Crippen LogP contribution >= 0.6 is 0 Å². The number of hydrogen-bond donors (Lipinski definition) is 1. The Morgan fingerprint density at radius 1 is 1.17 bits per heavy atom. The molecule has 1 fully saturated rings. The average molecular weight is 430 g/mol. The van der Waals surface area contributed by atoms with Gasteiger partial charge in [-0.15, -0.1) is 0 Å². The molecule has 1 aliphatic heterocycles. The highest BCUT2D eigenvalue weighted by Crippen LogP contribution is 2.23. The second kappa shape index (κ2) is 8.41. The Labute approximate surface area is 173 Å². The summed E-state index contributed by atoms with van der Waals surface area (Å²) in [5.74, 6) is 0.230. The van der Waals surface area contributed by atoms with Gasteiger partial charge in [0.15, 0.2) is 0 Å². The van der Waals surface area contributed by atoms with E-state index < -0.39 is 15.6 Å². The van der Waals surface area contributed by atoms with Gasteiger partial charge in [0.05, 0.1) is 34.9 Å². The largest absolute Gasteiger partial charge is 0.467 e. The van der Waals surface area contributed by atoms with Gasteiger partial charge in [0.1, 0.15) is 12.3 Å². The van der Waals surface area contributed by atoms with Gasteiger partial charge in [-0.25, -0.2) is 13.4 Å². The van der Waals surface area contributed by atoms with Crippen LogP contribution in [0.25, 0.3) is 11.0 Å². The zero-order valence-electron chi connectivity index (χ0n) is 16.3. The molecule has 0 unspecified atom stereocenters. The highest BCUT2D eigenvalue weighted by molar-refractivity contribution is 7.89. The number of carbonyl (C=O) groups excluding carboxylic acids is 1. The van der Waals surface area contributed by atoms with Crippen LogP contribution in [0.3, 0.4) is 0 Å². The maximum Gasteiger partial charge on any atom is 0.269 e. The number of nitrogens with zero attached hydrogens (tertiary/aromatic N) is 3. The number of benzene rings is 1. The molecule has 0 aliphatic carbocycles. The first-order chi connectivity index (χ1) is 14.4. The molecular formula is C20H22N4O5S. The lowest BCUT2D eigenvalue weighted by molar-refractivity contribution is -0.121. The molecule has 3 aromatic rings. The van der Waals surface area contributed by atoms with E-state index in [0.717, 1.165) is 25.5 Å². The van der Waals surface area contributed by atoms with Crippen molar-refractivity contribution in [3.63, 3.8) is 0 Å². The molecule has 1 aromatic carbocycles. The van der Waals surface area contributed by atoms with Crippen molar-refractivity contribution in [2.45, 2.75) is 37.2 Å². The number of rotatable bonds is 6. The number of hydrogen-bond acceptors (Lipinski definition) is 6. The monoisotopic (exact) mass is 430 g/mol. The summed E-state index contributed by atoms with van der Waals surface area (Å²) in [6.07, 6.45) is 5.33. The molecule has 9 nitrogen and oxygen atoms in total. The zero-order valence-corrected chi connectivity index (χ0v) is 17.1. The number of sulfonamides is 1. The van der Waals surface area contributed by atoms with Crippen molar-refractivity contribution in [3.8, 4) is 0 Å². The molecule has 1 saturated heterocycles. The molecule has 0 atom stereocenters. The van der Waals surface area contributed by atoms with Crippen molar-refractivity contribution >= 4 is 27.0 Å². The number of amides is 1. The summed E-state index contributed by atoms with van der Waals surface area (Å²) in [7, 11) is -3.62. The number of aromatic nitrogens is 2. The maximum absolute atomic E-state index is 12.9. The van der Waals surface area contributed by atoms with Gasteiger partial charge >= 0.3 is 0 Å². The minimum absolute atomic E-state index is 0.136. The van der Waals surface area contributed by atoms with Crippen LogP contribution in [0.5, 0.6) is 0 Å². The van der Waals surface area contributed by atoms with E-state index in [1.807, 2.05) is 0 Å². The fourth-order valence-electron chi connectivity index (χ4n) is 3.52. The Kier molecular flexibility index (Phi) is 5.69. The van der Waals surface area contributed by atoms with Crippen molar-refractivity contribution in [1.82, 2.24) is 19.2 Å². The minimum Gasteiger partial charge on any atom is -0.467 e. The lowest BCUT2D eigenvalue weighted by Gasteiger charge is -2.26. The van der Waals surface area contributed by atoms with Crippen LogP contribution in [0.2, 0.25) is 0 Å². The molecule has 0 saturated carbocycles. The molecule has 1 amide bonds. The van der Waals surface area contributed by atoms with Gasteiger partial charge in [-0.05, 0) is 43.2 Å². The van der Waals surface area contributed by atoms with Gasteiger partial charge in [0, 0.05) is 13.1 Å². The Hall–Kier alpha value is -2.98. The third kappa shape index (κ3) is 4.14. The van der Waals surface area contributed by atoms with Gasteiger partial charge in [0.2, 0.25) is 15.9 Å². The fraction of sp³-hybridized carbons (Fsp3) is 0.350. The predicted octanol–water partition coefficient (Wildman–Crippen LogP) is 1.48. The molecule has 0 radical (unpaired) electrons. The number of nitrogens with one attached hydrogen (secondary N) is 1. The molecular weight excluding hydrogens is 408 g/mol. The molecule has 30 heavy (non-hydrogen) atoms. The molecule has 2 aromatic heterocycles. The van der Waals surface area contributed by atoms with Gasteiger partial charge in [-0.3, -0.25) is 14.2 Å². The summed E-state index contributed by atoms with van der Waals surface area (Å²) in [6, 6.07) is 7.90. The normalized spacial score (nSPS) is 15.3. The Balaban J connectivity index is 1.59. The number of piperidine rings is 1. The Morgan fingerprint density at radius 2 is 1.97 bits per heavy atom. The van der Waals surface area contributed by atoms with E-state index in [2.05, 4.69) is 10.3 Å². The lowest BCUT2D eigenvalue weighted by atomic mass is 10.2. The zero-order chi connectivity index (χ0) is 21.1. The fourth-order valence-corrected chi connectivity index (χ4v) is 5.06. The average Bonchev–Trinajstić information content (AvgIpc) is 3.28. The van der Waals surface area contributed by atoms with Gasteiger partial charge in [-0.1, -0.05) is 6.42 Å². The topological polar surface area (TPSA) is 115 Å². The summed E-state index contributed by atoms with van der Waals surface area (Å²) in [5.41, 5.74) is 0.294. The molecule has 1 aliphatic rings. The van der Waals surface area contributed by atoms with Crippen molar-refractivity contribution < 1.29 is 17.6 Å². The summed E-state index contributed by atoms with van der Waals surface area (Å²) >= 11 is 0.